The molecule has 1 unspecified atom stereocenters. The van der Waals surface area contributed by atoms with Crippen molar-refractivity contribution in [1.29, 1.82) is 0 Å². The summed E-state index contributed by atoms with van der Waals surface area (Å²) in [5.41, 5.74) is 9.57. The van der Waals surface area contributed by atoms with Crippen LogP contribution in [0.2, 0.25) is 0 Å². The third-order valence-corrected chi connectivity index (χ3v) is 3.68. The quantitative estimate of drug-likeness (QED) is 0.906. The number of aryl methyl sites for hydroxylation is 1. The highest BCUT2D eigenvalue weighted by atomic mass is 79.9. The second-order valence-corrected chi connectivity index (χ2v) is 5.26. The molecular formula is C15H15BrFN. The van der Waals surface area contributed by atoms with Gasteiger partial charge >= 0.3 is 0 Å². The number of benzene rings is 2. The Hall–Kier alpha value is -1.19. The number of nitrogens with two attached hydrogens (primary N) is 1. The lowest BCUT2D eigenvalue weighted by Gasteiger charge is -2.14. The Morgan fingerprint density at radius 1 is 1.22 bits per heavy atom. The van der Waals surface area contributed by atoms with Gasteiger partial charge in [-0.15, -0.1) is 0 Å². The zero-order valence-electron chi connectivity index (χ0n) is 10.2. The van der Waals surface area contributed by atoms with Crippen LogP contribution in [0, 0.1) is 12.7 Å². The Balaban J connectivity index is 2.19. The van der Waals surface area contributed by atoms with Gasteiger partial charge in [0.25, 0.3) is 0 Å². The van der Waals surface area contributed by atoms with Crippen LogP contribution in [-0.2, 0) is 6.42 Å². The molecule has 0 radical (unpaired) electrons. The Morgan fingerprint density at radius 2 is 1.94 bits per heavy atom. The summed E-state index contributed by atoms with van der Waals surface area (Å²) in [6, 6.07) is 13.0. The minimum atomic E-state index is -0.262. The average Bonchev–Trinajstić information content (AvgIpc) is 2.35. The fourth-order valence-electron chi connectivity index (χ4n) is 1.94. The maximum absolute atomic E-state index is 13.2. The molecular weight excluding hydrogens is 293 g/mol. The van der Waals surface area contributed by atoms with Gasteiger partial charge in [-0.3, -0.25) is 0 Å². The Bertz CT molecular complexity index is 554. The van der Waals surface area contributed by atoms with Crippen LogP contribution in [0.1, 0.15) is 22.7 Å². The Labute approximate surface area is 115 Å². The Morgan fingerprint density at radius 3 is 2.61 bits per heavy atom. The molecule has 18 heavy (non-hydrogen) atoms. The van der Waals surface area contributed by atoms with E-state index in [2.05, 4.69) is 35.0 Å². The normalized spacial score (nSPS) is 12.4. The predicted octanol–water partition coefficient (Wildman–Crippen LogP) is 4.14. The summed E-state index contributed by atoms with van der Waals surface area (Å²) in [7, 11) is 0. The molecule has 2 aromatic rings. The van der Waals surface area contributed by atoms with Gasteiger partial charge in [0, 0.05) is 6.04 Å². The molecule has 0 aliphatic heterocycles. The standard InChI is InChI=1S/C15H15BrFN/c1-10-4-2-3-5-11(10)9-15(18)12-6-7-14(17)13(16)8-12/h2-8,15H,9,18H2,1H3. The van der Waals surface area contributed by atoms with Crippen molar-refractivity contribution in [3.05, 3.63) is 69.4 Å². The van der Waals surface area contributed by atoms with E-state index in [0.717, 1.165) is 12.0 Å². The van der Waals surface area contributed by atoms with Crippen LogP contribution in [0.4, 0.5) is 4.39 Å². The first-order chi connectivity index (χ1) is 8.58. The van der Waals surface area contributed by atoms with E-state index in [1.54, 1.807) is 12.1 Å². The summed E-state index contributed by atoms with van der Waals surface area (Å²) < 4.78 is 13.6. The van der Waals surface area contributed by atoms with Crippen LogP contribution in [0.3, 0.4) is 0 Å². The van der Waals surface area contributed by atoms with Crippen molar-refractivity contribution in [1.82, 2.24) is 0 Å². The van der Waals surface area contributed by atoms with Crippen molar-refractivity contribution in [3.63, 3.8) is 0 Å². The van der Waals surface area contributed by atoms with Gasteiger partial charge in [0.2, 0.25) is 0 Å². The van der Waals surface area contributed by atoms with Crippen molar-refractivity contribution < 1.29 is 4.39 Å². The lowest BCUT2D eigenvalue weighted by Crippen LogP contribution is -2.14. The van der Waals surface area contributed by atoms with Crippen LogP contribution < -0.4 is 5.73 Å². The molecule has 0 amide bonds. The second-order valence-electron chi connectivity index (χ2n) is 4.41. The molecule has 3 heteroatoms. The van der Waals surface area contributed by atoms with Crippen LogP contribution in [0.15, 0.2) is 46.9 Å². The van der Waals surface area contributed by atoms with Crippen LogP contribution >= 0.6 is 15.9 Å². The van der Waals surface area contributed by atoms with Gasteiger partial charge in [-0.25, -0.2) is 4.39 Å². The topological polar surface area (TPSA) is 26.0 Å². The van der Waals surface area contributed by atoms with Crippen molar-refractivity contribution in [2.75, 3.05) is 0 Å². The molecule has 0 heterocycles. The lowest BCUT2D eigenvalue weighted by atomic mass is 9.97. The lowest BCUT2D eigenvalue weighted by molar-refractivity contribution is 0.617. The highest BCUT2D eigenvalue weighted by molar-refractivity contribution is 9.10. The summed E-state index contributed by atoms with van der Waals surface area (Å²) in [6.45, 7) is 2.07. The van der Waals surface area contributed by atoms with Crippen molar-refractivity contribution in [3.8, 4) is 0 Å². The van der Waals surface area contributed by atoms with E-state index >= 15 is 0 Å². The highest BCUT2D eigenvalue weighted by Crippen LogP contribution is 2.23. The van der Waals surface area contributed by atoms with Gasteiger partial charge < -0.3 is 5.73 Å². The minimum absolute atomic E-state index is 0.122. The molecule has 0 aromatic heterocycles. The van der Waals surface area contributed by atoms with Gasteiger partial charge in [0.05, 0.1) is 4.47 Å². The van der Waals surface area contributed by atoms with E-state index in [-0.39, 0.29) is 11.9 Å². The van der Waals surface area contributed by atoms with Crippen molar-refractivity contribution in [2.45, 2.75) is 19.4 Å². The fraction of sp³-hybridized carbons (Fsp3) is 0.200. The molecule has 0 spiro atoms. The first-order valence-corrected chi connectivity index (χ1v) is 6.62. The maximum atomic E-state index is 13.2. The summed E-state index contributed by atoms with van der Waals surface area (Å²) in [5, 5.41) is 0. The predicted molar refractivity (Wildman–Crippen MR) is 75.9 cm³/mol. The smallest absolute Gasteiger partial charge is 0.137 e. The molecule has 0 aliphatic carbocycles. The number of hydrogen-bond donors (Lipinski definition) is 1. The first kappa shape index (κ1) is 13.2. The van der Waals surface area contributed by atoms with Crippen LogP contribution in [0.5, 0.6) is 0 Å². The highest BCUT2D eigenvalue weighted by Gasteiger charge is 2.10. The van der Waals surface area contributed by atoms with Crippen molar-refractivity contribution in [2.24, 2.45) is 5.73 Å². The monoisotopic (exact) mass is 307 g/mol. The first-order valence-electron chi connectivity index (χ1n) is 5.83. The molecule has 94 valence electrons. The molecule has 0 aliphatic rings. The molecule has 2 aromatic carbocycles. The molecule has 0 bridgehead atoms. The molecule has 1 atom stereocenters. The molecule has 2 rings (SSSR count). The maximum Gasteiger partial charge on any atom is 0.137 e. The van der Waals surface area contributed by atoms with E-state index in [0.29, 0.717) is 4.47 Å². The van der Waals surface area contributed by atoms with Gasteiger partial charge in [-0.1, -0.05) is 30.3 Å². The molecule has 0 fully saturated rings. The molecule has 0 saturated heterocycles. The third-order valence-electron chi connectivity index (χ3n) is 3.07. The van der Waals surface area contributed by atoms with E-state index in [1.807, 2.05) is 12.1 Å². The third kappa shape index (κ3) is 2.98. The van der Waals surface area contributed by atoms with E-state index in [1.165, 1.54) is 17.2 Å². The molecule has 1 nitrogen and oxygen atoms in total. The summed E-state index contributed by atoms with van der Waals surface area (Å²) in [5.74, 6) is -0.262. The summed E-state index contributed by atoms with van der Waals surface area (Å²) in [6.07, 6.45) is 0.755. The van der Waals surface area contributed by atoms with Gasteiger partial charge in [-0.05, 0) is 58.1 Å². The molecule has 0 saturated carbocycles. The van der Waals surface area contributed by atoms with E-state index in [4.69, 9.17) is 5.73 Å². The van der Waals surface area contributed by atoms with Gasteiger partial charge in [0.15, 0.2) is 0 Å². The SMILES string of the molecule is Cc1ccccc1CC(N)c1ccc(F)c(Br)c1. The number of hydrogen-bond acceptors (Lipinski definition) is 1. The van der Waals surface area contributed by atoms with Gasteiger partial charge in [-0.2, -0.15) is 0 Å². The fourth-order valence-corrected chi connectivity index (χ4v) is 2.33. The van der Waals surface area contributed by atoms with Crippen LogP contribution in [0.25, 0.3) is 0 Å². The number of rotatable bonds is 3. The number of halogens is 2. The summed E-state index contributed by atoms with van der Waals surface area (Å²) >= 11 is 3.18. The van der Waals surface area contributed by atoms with Crippen molar-refractivity contribution >= 4 is 15.9 Å². The zero-order valence-corrected chi connectivity index (χ0v) is 11.7. The molecule has 2 N–H and O–H groups in total. The largest absolute Gasteiger partial charge is 0.324 e. The zero-order chi connectivity index (χ0) is 13.1. The van der Waals surface area contributed by atoms with Gasteiger partial charge in [0.1, 0.15) is 5.82 Å². The minimum Gasteiger partial charge on any atom is -0.324 e. The average molecular weight is 308 g/mol. The second kappa shape index (κ2) is 5.63. The van der Waals surface area contributed by atoms with E-state index in [9.17, 15) is 4.39 Å². The van der Waals surface area contributed by atoms with E-state index < -0.39 is 0 Å². The summed E-state index contributed by atoms with van der Waals surface area (Å²) in [4.78, 5) is 0. The van der Waals surface area contributed by atoms with Crippen LogP contribution in [-0.4, -0.2) is 0 Å². The Kier molecular flexibility index (Phi) is 4.15.